The van der Waals surface area contributed by atoms with Gasteiger partial charge >= 0.3 is 14.8 Å². The van der Waals surface area contributed by atoms with E-state index in [1.54, 1.807) is 6.92 Å². The van der Waals surface area contributed by atoms with Gasteiger partial charge in [-0.1, -0.05) is 23.7 Å². The number of ether oxygens (including phenoxy) is 1. The number of rotatable bonds is 14. The molecular weight excluding hydrogens is 421 g/mol. The fourth-order valence-corrected chi connectivity index (χ4v) is 16.2. The van der Waals surface area contributed by atoms with Crippen LogP contribution >= 0.6 is 0 Å². The Hall–Kier alpha value is -0.822. The van der Waals surface area contributed by atoms with Gasteiger partial charge in [-0.2, -0.15) is 0 Å². The Kier molecular flexibility index (Phi) is 10.5. The van der Waals surface area contributed by atoms with E-state index in [-0.39, 0.29) is 6.61 Å². The van der Waals surface area contributed by atoms with Crippen LogP contribution in [-0.4, -0.2) is 46.3 Å². The molecule has 0 aromatic carbocycles. The van der Waals surface area contributed by atoms with Crippen molar-refractivity contribution in [3.63, 3.8) is 0 Å². The van der Waals surface area contributed by atoms with Crippen molar-refractivity contribution in [1.29, 1.82) is 0 Å². The highest BCUT2D eigenvalue weighted by Crippen LogP contribution is 2.30. The average molecular weight is 459 g/mol. The summed E-state index contributed by atoms with van der Waals surface area (Å²) in [5.74, 6) is -0.391. The summed E-state index contributed by atoms with van der Waals surface area (Å²) in [6.45, 7) is 29.7. The fraction of sp³-hybridized carbons (Fsp3) is 0.526. The average Bonchev–Trinajstić information content (AvgIpc) is 2.57. The molecule has 0 rings (SSSR count). The number of carbonyl (C=O) groups is 1. The molecule has 0 amide bonds. The van der Waals surface area contributed by atoms with Crippen LogP contribution in [0.25, 0.3) is 0 Å². The summed E-state index contributed by atoms with van der Waals surface area (Å²) < 4.78 is 25.2. The maximum absolute atomic E-state index is 11.7. The molecule has 0 fully saturated rings. The van der Waals surface area contributed by atoms with Crippen LogP contribution in [0, 0.1) is 0 Å². The minimum Gasteiger partial charge on any atom is -0.462 e. The lowest BCUT2D eigenvalue weighted by atomic mass is 10.4. The smallest absolute Gasteiger partial charge is 0.462 e. The van der Waals surface area contributed by atoms with Crippen LogP contribution in [-0.2, 0) is 21.9 Å². The Morgan fingerprint density at radius 1 is 0.821 bits per heavy atom. The van der Waals surface area contributed by atoms with Gasteiger partial charge in [0, 0.05) is 11.6 Å². The number of hydrogen-bond acceptors (Lipinski definition) is 5. The largest absolute Gasteiger partial charge is 0.470 e. The van der Waals surface area contributed by atoms with Gasteiger partial charge in [0.05, 0.1) is 6.61 Å². The third-order valence-electron chi connectivity index (χ3n) is 3.94. The second-order valence-corrected chi connectivity index (χ2v) is 23.6. The third-order valence-corrected chi connectivity index (χ3v) is 17.9. The molecule has 0 heterocycles. The summed E-state index contributed by atoms with van der Waals surface area (Å²) in [5.41, 5.74) is 6.03. The first-order chi connectivity index (χ1) is 12.6. The number of carbonyl (C=O) groups excluding carboxylic acids is 1. The standard InChI is InChI=1S/C19H38O5Si4/c1-12-25(6,7)22-28(23-26(8,9)13-2,24-27(10,11)14-3)17-15-16-21-19(20)18(4)5/h12-14H,1-4,15-17H2,5-11H3. The Labute approximate surface area is 175 Å². The molecule has 28 heavy (non-hydrogen) atoms. The first-order valence-electron chi connectivity index (χ1n) is 9.47. The molecule has 0 aromatic heterocycles. The van der Waals surface area contributed by atoms with Gasteiger partial charge in [-0.15, -0.1) is 19.7 Å². The molecule has 0 aliphatic heterocycles. The third kappa shape index (κ3) is 10.1. The normalized spacial score (nSPS) is 13.0. The molecule has 0 unspecified atom stereocenters. The summed E-state index contributed by atoms with van der Waals surface area (Å²) >= 11 is 0. The molecule has 0 bridgehead atoms. The van der Waals surface area contributed by atoms with Crippen molar-refractivity contribution in [3.05, 3.63) is 49.0 Å². The maximum atomic E-state index is 11.7. The lowest BCUT2D eigenvalue weighted by molar-refractivity contribution is -0.139. The van der Waals surface area contributed by atoms with Gasteiger partial charge in [0.1, 0.15) is 0 Å². The highest BCUT2D eigenvalue weighted by atomic mass is 28.5. The molecule has 0 aliphatic carbocycles. The molecule has 0 atom stereocenters. The van der Waals surface area contributed by atoms with Gasteiger partial charge in [0.2, 0.25) is 25.0 Å². The topological polar surface area (TPSA) is 54.0 Å². The van der Waals surface area contributed by atoms with Crippen molar-refractivity contribution >= 4 is 39.7 Å². The van der Waals surface area contributed by atoms with Crippen LogP contribution in [0.4, 0.5) is 0 Å². The van der Waals surface area contributed by atoms with E-state index in [0.29, 0.717) is 18.0 Å². The van der Waals surface area contributed by atoms with Crippen LogP contribution in [0.1, 0.15) is 13.3 Å². The first kappa shape index (κ1) is 27.2. The van der Waals surface area contributed by atoms with Crippen LogP contribution in [0.15, 0.2) is 49.0 Å². The molecule has 0 aliphatic rings. The molecule has 0 saturated heterocycles. The molecule has 0 saturated carbocycles. The van der Waals surface area contributed by atoms with Crippen LogP contribution in [0.2, 0.25) is 45.3 Å². The molecule has 0 aromatic rings. The van der Waals surface area contributed by atoms with Crippen molar-refractivity contribution in [1.82, 2.24) is 0 Å². The molecule has 0 radical (unpaired) electrons. The minimum atomic E-state index is -3.11. The summed E-state index contributed by atoms with van der Waals surface area (Å²) in [4.78, 5) is 11.7. The predicted molar refractivity (Wildman–Crippen MR) is 127 cm³/mol. The highest BCUT2D eigenvalue weighted by molar-refractivity contribution is 6.93. The van der Waals surface area contributed by atoms with Gasteiger partial charge in [0.25, 0.3) is 0 Å². The second kappa shape index (κ2) is 10.8. The highest BCUT2D eigenvalue weighted by Gasteiger charge is 2.50. The monoisotopic (exact) mass is 458 g/mol. The van der Waals surface area contributed by atoms with E-state index in [4.69, 9.17) is 17.1 Å². The van der Waals surface area contributed by atoms with Gasteiger partial charge in [-0.05, 0) is 52.6 Å². The first-order valence-corrected chi connectivity index (χ1v) is 20.4. The molecule has 9 heteroatoms. The molecule has 5 nitrogen and oxygen atoms in total. The lowest BCUT2D eigenvalue weighted by Gasteiger charge is -2.43. The Bertz CT molecular complexity index is 544. The van der Waals surface area contributed by atoms with E-state index >= 15 is 0 Å². The van der Waals surface area contributed by atoms with E-state index in [2.05, 4.69) is 65.6 Å². The van der Waals surface area contributed by atoms with Gasteiger partial charge < -0.3 is 17.1 Å². The van der Waals surface area contributed by atoms with Crippen LogP contribution in [0.3, 0.4) is 0 Å². The summed E-state index contributed by atoms with van der Waals surface area (Å²) in [6, 6.07) is 0.551. The van der Waals surface area contributed by atoms with E-state index < -0.39 is 39.7 Å². The molecule has 0 N–H and O–H groups in total. The van der Waals surface area contributed by atoms with Crippen molar-refractivity contribution in [2.24, 2.45) is 0 Å². The van der Waals surface area contributed by atoms with Crippen molar-refractivity contribution in [2.45, 2.75) is 58.7 Å². The predicted octanol–water partition coefficient (Wildman–Crippen LogP) is 5.28. The van der Waals surface area contributed by atoms with E-state index in [1.165, 1.54) is 0 Å². The van der Waals surface area contributed by atoms with E-state index in [0.717, 1.165) is 0 Å². The van der Waals surface area contributed by atoms with Gasteiger partial charge in [-0.3, -0.25) is 0 Å². The summed E-state index contributed by atoms with van der Waals surface area (Å²) in [7, 11) is -9.73. The lowest BCUT2D eigenvalue weighted by Crippen LogP contribution is -2.61. The zero-order chi connectivity index (χ0) is 22.2. The summed E-state index contributed by atoms with van der Waals surface area (Å²) in [5, 5.41) is 0. The van der Waals surface area contributed by atoms with Crippen molar-refractivity contribution in [3.8, 4) is 0 Å². The maximum Gasteiger partial charge on any atom is 0.470 e. The molecule has 0 spiro atoms. The number of esters is 1. The second-order valence-electron chi connectivity index (χ2n) is 8.43. The number of hydrogen-bond donors (Lipinski definition) is 0. The zero-order valence-electron chi connectivity index (χ0n) is 18.7. The van der Waals surface area contributed by atoms with E-state index in [1.807, 2.05) is 17.1 Å². The van der Waals surface area contributed by atoms with Crippen molar-refractivity contribution in [2.75, 3.05) is 6.61 Å². The Morgan fingerprint density at radius 3 is 1.46 bits per heavy atom. The zero-order valence-corrected chi connectivity index (χ0v) is 22.7. The minimum absolute atomic E-state index is 0.263. The Morgan fingerprint density at radius 2 is 1.18 bits per heavy atom. The molecule has 160 valence electrons. The van der Waals surface area contributed by atoms with E-state index in [9.17, 15) is 4.79 Å². The Balaban J connectivity index is 5.76. The van der Waals surface area contributed by atoms with Crippen molar-refractivity contribution < 1.29 is 21.9 Å². The van der Waals surface area contributed by atoms with Gasteiger partial charge in [-0.25, -0.2) is 4.79 Å². The van der Waals surface area contributed by atoms with Crippen LogP contribution < -0.4 is 0 Å². The molecular formula is C19H38O5Si4. The van der Waals surface area contributed by atoms with Crippen LogP contribution in [0.5, 0.6) is 0 Å². The SMILES string of the molecule is C=C[Si](C)(C)O[Si](CCCOC(=O)C(=C)C)(O[Si](C)(C)C=C)O[Si](C)(C)C=C. The fourth-order valence-electron chi connectivity index (χ4n) is 2.12. The summed E-state index contributed by atoms with van der Waals surface area (Å²) in [6.07, 6.45) is 0.579. The quantitative estimate of drug-likeness (QED) is 0.153. The van der Waals surface area contributed by atoms with Gasteiger partial charge in [0.15, 0.2) is 0 Å².